The van der Waals surface area contributed by atoms with Crippen LogP contribution in [-0.4, -0.2) is 25.2 Å². The van der Waals surface area contributed by atoms with Gasteiger partial charge in [-0.15, -0.1) is 11.3 Å². The molecule has 20 heavy (non-hydrogen) atoms. The molecule has 4 heteroatoms. The van der Waals surface area contributed by atoms with Crippen molar-refractivity contribution in [1.82, 2.24) is 10.3 Å². The summed E-state index contributed by atoms with van der Waals surface area (Å²) in [7, 11) is 1.73. The minimum absolute atomic E-state index is 0.0512. The van der Waals surface area contributed by atoms with Gasteiger partial charge in [0.25, 0.3) is 0 Å². The van der Waals surface area contributed by atoms with Crippen molar-refractivity contribution in [2.75, 3.05) is 20.2 Å². The van der Waals surface area contributed by atoms with E-state index in [1.807, 2.05) is 13.0 Å². The monoisotopic (exact) mass is 290 g/mol. The number of methoxy groups -OCH3 is 1. The van der Waals surface area contributed by atoms with Crippen LogP contribution in [0.1, 0.15) is 29.8 Å². The van der Waals surface area contributed by atoms with Crippen LogP contribution >= 0.6 is 11.3 Å². The Morgan fingerprint density at radius 2 is 2.05 bits per heavy atom. The molecule has 0 saturated heterocycles. The first-order valence-electron chi connectivity index (χ1n) is 7.04. The molecular weight excluding hydrogens is 268 g/mol. The summed E-state index contributed by atoms with van der Waals surface area (Å²) in [5.41, 5.74) is 2.29. The Bertz CT molecular complexity index is 525. The minimum atomic E-state index is 0.0512. The lowest BCUT2D eigenvalue weighted by Crippen LogP contribution is -2.15. The molecule has 1 aromatic heterocycles. The van der Waals surface area contributed by atoms with Gasteiger partial charge < -0.3 is 10.1 Å². The molecular formula is C16H22N2OS. The number of aromatic nitrogens is 1. The number of likely N-dealkylation sites (N-methyl/N-ethyl adjacent to an activating group) is 1. The zero-order valence-corrected chi connectivity index (χ0v) is 13.2. The first-order chi connectivity index (χ1) is 9.76. The van der Waals surface area contributed by atoms with Gasteiger partial charge in [-0.25, -0.2) is 4.98 Å². The van der Waals surface area contributed by atoms with Crippen molar-refractivity contribution in [2.45, 2.75) is 26.4 Å². The molecule has 1 aromatic carbocycles. The highest BCUT2D eigenvalue weighted by Crippen LogP contribution is 2.32. The third kappa shape index (κ3) is 3.66. The number of hydrogen-bond acceptors (Lipinski definition) is 4. The van der Waals surface area contributed by atoms with Gasteiger partial charge in [0.15, 0.2) is 0 Å². The molecule has 1 heterocycles. The van der Waals surface area contributed by atoms with Gasteiger partial charge in [-0.1, -0.05) is 37.3 Å². The van der Waals surface area contributed by atoms with Crippen molar-refractivity contribution < 1.29 is 4.74 Å². The van der Waals surface area contributed by atoms with Gasteiger partial charge in [-0.2, -0.15) is 0 Å². The van der Waals surface area contributed by atoms with Crippen molar-refractivity contribution in [3.63, 3.8) is 0 Å². The normalized spacial score (nSPS) is 12.6. The molecule has 0 amide bonds. The summed E-state index contributed by atoms with van der Waals surface area (Å²) in [6.07, 6.45) is 1.06. The van der Waals surface area contributed by atoms with Crippen molar-refractivity contribution in [3.05, 3.63) is 40.2 Å². The molecule has 1 atom stereocenters. The van der Waals surface area contributed by atoms with E-state index in [2.05, 4.69) is 36.5 Å². The summed E-state index contributed by atoms with van der Waals surface area (Å²) < 4.78 is 5.40. The Labute approximate surface area is 125 Å². The third-order valence-electron chi connectivity index (χ3n) is 3.24. The number of benzene rings is 1. The number of nitrogens with zero attached hydrogens (tertiary/aromatic N) is 1. The van der Waals surface area contributed by atoms with E-state index in [0.29, 0.717) is 0 Å². The highest BCUT2D eigenvalue weighted by Gasteiger charge is 2.16. The number of nitrogens with one attached hydrogen (secondary N) is 1. The molecule has 1 unspecified atom stereocenters. The summed E-state index contributed by atoms with van der Waals surface area (Å²) in [5.74, 6) is 0. The quantitative estimate of drug-likeness (QED) is 0.790. The molecule has 0 radical (unpaired) electrons. The van der Waals surface area contributed by atoms with Crippen molar-refractivity contribution >= 4 is 11.3 Å². The van der Waals surface area contributed by atoms with Gasteiger partial charge in [0.2, 0.25) is 0 Å². The Kier molecular flexibility index (Phi) is 5.71. The zero-order valence-electron chi connectivity index (χ0n) is 12.3. The van der Waals surface area contributed by atoms with E-state index in [-0.39, 0.29) is 6.10 Å². The molecule has 3 nitrogen and oxygen atoms in total. The molecule has 1 N–H and O–H groups in total. The SMILES string of the molecule is CCNCCc1sc(C(C)OC)nc1-c1ccccc1. The lowest BCUT2D eigenvalue weighted by molar-refractivity contribution is 0.119. The van der Waals surface area contributed by atoms with Crippen LogP contribution in [0.2, 0.25) is 0 Å². The molecule has 0 bridgehead atoms. The molecule has 0 aliphatic heterocycles. The fraction of sp³-hybridized carbons (Fsp3) is 0.438. The van der Waals surface area contributed by atoms with Gasteiger partial charge in [0.05, 0.1) is 5.69 Å². The molecule has 0 spiro atoms. The fourth-order valence-electron chi connectivity index (χ4n) is 2.01. The largest absolute Gasteiger partial charge is 0.375 e. The minimum Gasteiger partial charge on any atom is -0.375 e. The Hall–Kier alpha value is -1.23. The van der Waals surface area contributed by atoms with E-state index < -0.39 is 0 Å². The van der Waals surface area contributed by atoms with Gasteiger partial charge >= 0.3 is 0 Å². The maximum absolute atomic E-state index is 5.40. The third-order valence-corrected chi connectivity index (χ3v) is 4.52. The predicted molar refractivity (Wildman–Crippen MR) is 85.2 cm³/mol. The Morgan fingerprint density at radius 3 is 2.70 bits per heavy atom. The van der Waals surface area contributed by atoms with Crippen LogP contribution in [0, 0.1) is 0 Å². The second-order valence-electron chi connectivity index (χ2n) is 4.67. The van der Waals surface area contributed by atoms with E-state index in [1.54, 1.807) is 18.4 Å². The topological polar surface area (TPSA) is 34.1 Å². The van der Waals surface area contributed by atoms with Crippen LogP contribution in [-0.2, 0) is 11.2 Å². The van der Waals surface area contributed by atoms with Crippen LogP contribution in [0.25, 0.3) is 11.3 Å². The van der Waals surface area contributed by atoms with Crippen LogP contribution < -0.4 is 5.32 Å². The summed E-state index contributed by atoms with van der Waals surface area (Å²) >= 11 is 1.76. The number of rotatable bonds is 7. The van der Waals surface area contributed by atoms with Crippen molar-refractivity contribution in [1.29, 1.82) is 0 Å². The molecule has 0 aliphatic rings. The maximum Gasteiger partial charge on any atom is 0.122 e. The highest BCUT2D eigenvalue weighted by molar-refractivity contribution is 7.12. The molecule has 108 valence electrons. The molecule has 2 aromatic rings. The van der Waals surface area contributed by atoms with E-state index in [1.165, 1.54) is 10.4 Å². The van der Waals surface area contributed by atoms with E-state index in [9.17, 15) is 0 Å². The zero-order chi connectivity index (χ0) is 14.4. The van der Waals surface area contributed by atoms with E-state index in [4.69, 9.17) is 9.72 Å². The number of hydrogen-bond donors (Lipinski definition) is 1. The first kappa shape index (κ1) is 15.2. The lowest BCUT2D eigenvalue weighted by atomic mass is 10.1. The van der Waals surface area contributed by atoms with Crippen LogP contribution in [0.5, 0.6) is 0 Å². The standard InChI is InChI=1S/C16H22N2OS/c1-4-17-11-10-14-15(13-8-6-5-7-9-13)18-16(20-14)12(2)19-3/h5-9,12,17H,4,10-11H2,1-3H3. The molecule has 2 rings (SSSR count). The van der Waals surface area contributed by atoms with Crippen LogP contribution in [0.15, 0.2) is 30.3 Å². The second-order valence-corrected chi connectivity index (χ2v) is 5.79. The predicted octanol–water partition coefficient (Wildman–Crippen LogP) is 3.67. The van der Waals surface area contributed by atoms with Gasteiger partial charge in [0, 0.05) is 24.1 Å². The van der Waals surface area contributed by atoms with Gasteiger partial charge in [-0.3, -0.25) is 0 Å². The van der Waals surface area contributed by atoms with Gasteiger partial charge in [0.1, 0.15) is 11.1 Å². The Balaban J connectivity index is 2.29. The summed E-state index contributed by atoms with van der Waals surface area (Å²) in [4.78, 5) is 6.13. The lowest BCUT2D eigenvalue weighted by Gasteiger charge is -2.03. The average molecular weight is 290 g/mol. The summed E-state index contributed by atoms with van der Waals surface area (Å²) in [5, 5.41) is 4.43. The van der Waals surface area contributed by atoms with E-state index in [0.717, 1.165) is 30.2 Å². The molecule has 0 saturated carbocycles. The van der Waals surface area contributed by atoms with E-state index >= 15 is 0 Å². The number of thiazole rings is 1. The summed E-state index contributed by atoms with van der Waals surface area (Å²) in [6.45, 7) is 6.16. The molecule has 0 aliphatic carbocycles. The van der Waals surface area contributed by atoms with Gasteiger partial charge in [-0.05, 0) is 19.9 Å². The maximum atomic E-state index is 5.40. The van der Waals surface area contributed by atoms with Crippen molar-refractivity contribution in [3.8, 4) is 11.3 Å². The molecule has 0 fully saturated rings. The second kappa shape index (κ2) is 7.53. The Morgan fingerprint density at radius 1 is 1.30 bits per heavy atom. The smallest absolute Gasteiger partial charge is 0.122 e. The van der Waals surface area contributed by atoms with Crippen LogP contribution in [0.4, 0.5) is 0 Å². The number of ether oxygens (including phenoxy) is 1. The summed E-state index contributed by atoms with van der Waals surface area (Å²) in [6, 6.07) is 10.4. The van der Waals surface area contributed by atoms with Crippen LogP contribution in [0.3, 0.4) is 0 Å². The first-order valence-corrected chi connectivity index (χ1v) is 7.86. The fourth-order valence-corrected chi connectivity index (χ4v) is 3.13. The highest BCUT2D eigenvalue weighted by atomic mass is 32.1. The van der Waals surface area contributed by atoms with Crippen molar-refractivity contribution in [2.24, 2.45) is 0 Å². The average Bonchev–Trinajstić information content (AvgIpc) is 2.92.